The largest absolute Gasteiger partial charge is 0.469 e. The molecular weight excluding hydrogens is 298 g/mol. The second-order valence-corrected chi connectivity index (χ2v) is 6.26. The monoisotopic (exact) mass is 317 g/mol. The van der Waals surface area contributed by atoms with Gasteiger partial charge in [-0.15, -0.1) is 0 Å². The first-order valence-corrected chi connectivity index (χ1v) is 8.16. The van der Waals surface area contributed by atoms with Crippen LogP contribution in [0.15, 0.2) is 47.1 Å². The van der Waals surface area contributed by atoms with Gasteiger partial charge in [-0.3, -0.25) is 4.79 Å². The molecule has 1 aromatic carbocycles. The first-order valence-electron chi connectivity index (χ1n) is 7.78. The molecule has 0 spiro atoms. The van der Waals surface area contributed by atoms with Gasteiger partial charge >= 0.3 is 0 Å². The van der Waals surface area contributed by atoms with Crippen molar-refractivity contribution in [2.24, 2.45) is 0 Å². The molecule has 2 aromatic rings. The van der Waals surface area contributed by atoms with Gasteiger partial charge in [0.25, 0.3) is 0 Å². The molecule has 3 rings (SSSR count). The summed E-state index contributed by atoms with van der Waals surface area (Å²) in [4.78, 5) is 14.2. The summed E-state index contributed by atoms with van der Waals surface area (Å²) >= 11 is 5.87. The van der Waals surface area contributed by atoms with E-state index in [1.165, 1.54) is 5.56 Å². The van der Waals surface area contributed by atoms with Crippen molar-refractivity contribution in [1.82, 2.24) is 4.90 Å². The van der Waals surface area contributed by atoms with Gasteiger partial charge in [0, 0.05) is 30.5 Å². The number of carbonyl (C=O) groups is 1. The summed E-state index contributed by atoms with van der Waals surface area (Å²) in [5.74, 6) is 1.61. The minimum Gasteiger partial charge on any atom is -0.469 e. The first kappa shape index (κ1) is 15.2. The summed E-state index contributed by atoms with van der Waals surface area (Å²) in [6.07, 6.45) is 5.09. The van der Waals surface area contributed by atoms with Crippen molar-refractivity contribution in [3.8, 4) is 0 Å². The normalized spacial score (nSPS) is 17.9. The van der Waals surface area contributed by atoms with E-state index in [2.05, 4.69) is 0 Å². The van der Waals surface area contributed by atoms with E-state index < -0.39 is 0 Å². The van der Waals surface area contributed by atoms with Crippen LogP contribution < -0.4 is 0 Å². The molecule has 2 heterocycles. The second kappa shape index (κ2) is 7.01. The Kier molecular flexibility index (Phi) is 4.84. The summed E-state index contributed by atoms with van der Waals surface area (Å²) < 4.78 is 5.45. The Hall–Kier alpha value is -1.74. The van der Waals surface area contributed by atoms with E-state index in [0.717, 1.165) is 43.1 Å². The Labute approximate surface area is 135 Å². The Balaban J connectivity index is 1.44. The third-order valence-electron chi connectivity index (χ3n) is 4.26. The minimum atomic E-state index is 0.253. The Bertz CT molecular complexity index is 607. The summed E-state index contributed by atoms with van der Waals surface area (Å²) in [7, 11) is 0. The molecule has 1 aromatic heterocycles. The number of benzene rings is 1. The van der Waals surface area contributed by atoms with E-state index in [9.17, 15) is 4.79 Å². The molecule has 1 saturated heterocycles. The number of likely N-dealkylation sites (tertiary alicyclic amines) is 1. The van der Waals surface area contributed by atoms with Crippen molar-refractivity contribution < 1.29 is 9.21 Å². The molecule has 0 bridgehead atoms. The summed E-state index contributed by atoms with van der Waals surface area (Å²) in [5.41, 5.74) is 1.23. The van der Waals surface area contributed by atoms with E-state index in [4.69, 9.17) is 16.0 Å². The van der Waals surface area contributed by atoms with Crippen LogP contribution in [0.3, 0.4) is 0 Å². The molecule has 3 nitrogen and oxygen atoms in total. The van der Waals surface area contributed by atoms with Gasteiger partial charge in [-0.1, -0.05) is 23.7 Å². The van der Waals surface area contributed by atoms with Crippen molar-refractivity contribution >= 4 is 17.5 Å². The number of amides is 1. The van der Waals surface area contributed by atoms with E-state index in [-0.39, 0.29) is 5.91 Å². The molecule has 1 aliphatic heterocycles. The maximum Gasteiger partial charge on any atom is 0.222 e. The van der Waals surface area contributed by atoms with Gasteiger partial charge in [-0.2, -0.15) is 0 Å². The summed E-state index contributed by atoms with van der Waals surface area (Å²) in [6.45, 7) is 1.62. The zero-order valence-electron chi connectivity index (χ0n) is 12.5. The maximum atomic E-state index is 12.3. The molecule has 116 valence electrons. The van der Waals surface area contributed by atoms with E-state index >= 15 is 0 Å². The highest BCUT2D eigenvalue weighted by Gasteiger charge is 2.28. The standard InChI is InChI=1S/C18H20ClNO2/c19-16-8-6-14(7-9-16)3-1-5-18(21)20-11-10-15(13-20)17-4-2-12-22-17/h2,4,6-9,12,15H,1,3,5,10-11,13H2. The molecule has 1 fully saturated rings. The SMILES string of the molecule is O=C(CCCc1ccc(Cl)cc1)N1CCC(c2ccco2)C1. The van der Waals surface area contributed by atoms with Crippen LogP contribution in [-0.4, -0.2) is 23.9 Å². The van der Waals surface area contributed by atoms with Crippen molar-refractivity contribution in [3.63, 3.8) is 0 Å². The van der Waals surface area contributed by atoms with Gasteiger partial charge in [-0.25, -0.2) is 0 Å². The predicted octanol–water partition coefficient (Wildman–Crippen LogP) is 4.27. The topological polar surface area (TPSA) is 33.5 Å². The van der Waals surface area contributed by atoms with Gasteiger partial charge in [0.15, 0.2) is 0 Å². The van der Waals surface area contributed by atoms with Gasteiger partial charge in [0.05, 0.1) is 6.26 Å². The molecule has 22 heavy (non-hydrogen) atoms. The number of nitrogens with zero attached hydrogens (tertiary/aromatic N) is 1. The van der Waals surface area contributed by atoms with Crippen LogP contribution in [0.4, 0.5) is 0 Å². The van der Waals surface area contributed by atoms with E-state index in [1.807, 2.05) is 41.3 Å². The van der Waals surface area contributed by atoms with E-state index in [0.29, 0.717) is 12.3 Å². The lowest BCUT2D eigenvalue weighted by atomic mass is 10.1. The molecule has 0 N–H and O–H groups in total. The van der Waals surface area contributed by atoms with Crippen LogP contribution >= 0.6 is 11.6 Å². The van der Waals surface area contributed by atoms with Crippen molar-refractivity contribution in [3.05, 3.63) is 59.0 Å². The van der Waals surface area contributed by atoms with Gasteiger partial charge < -0.3 is 9.32 Å². The first-order chi connectivity index (χ1) is 10.7. The molecule has 1 amide bonds. The lowest BCUT2D eigenvalue weighted by molar-refractivity contribution is -0.130. The molecule has 4 heteroatoms. The minimum absolute atomic E-state index is 0.253. The Morgan fingerprint density at radius 2 is 2.09 bits per heavy atom. The molecular formula is C18H20ClNO2. The highest BCUT2D eigenvalue weighted by atomic mass is 35.5. The lowest BCUT2D eigenvalue weighted by Gasteiger charge is -2.16. The smallest absolute Gasteiger partial charge is 0.222 e. The number of halogens is 1. The number of aryl methyl sites for hydroxylation is 1. The summed E-state index contributed by atoms with van der Waals surface area (Å²) in [6, 6.07) is 11.7. The predicted molar refractivity (Wildman–Crippen MR) is 87.0 cm³/mol. The van der Waals surface area contributed by atoms with Crippen LogP contribution in [0, 0.1) is 0 Å². The molecule has 1 aliphatic rings. The van der Waals surface area contributed by atoms with Crippen LogP contribution in [0.2, 0.25) is 5.02 Å². The Morgan fingerprint density at radius 3 is 2.82 bits per heavy atom. The highest BCUT2D eigenvalue weighted by Crippen LogP contribution is 2.27. The van der Waals surface area contributed by atoms with E-state index in [1.54, 1.807) is 6.26 Å². The molecule has 0 saturated carbocycles. The van der Waals surface area contributed by atoms with Crippen molar-refractivity contribution in [1.29, 1.82) is 0 Å². The Morgan fingerprint density at radius 1 is 1.27 bits per heavy atom. The zero-order chi connectivity index (χ0) is 15.4. The number of carbonyl (C=O) groups excluding carboxylic acids is 1. The molecule has 1 atom stereocenters. The maximum absolute atomic E-state index is 12.3. The molecule has 1 unspecified atom stereocenters. The third-order valence-corrected chi connectivity index (χ3v) is 4.51. The number of rotatable bonds is 5. The van der Waals surface area contributed by atoms with Crippen LogP contribution in [0.1, 0.15) is 36.5 Å². The van der Waals surface area contributed by atoms with Gasteiger partial charge in [-0.05, 0) is 49.1 Å². The fourth-order valence-electron chi connectivity index (χ4n) is 3.00. The van der Waals surface area contributed by atoms with Crippen molar-refractivity contribution in [2.45, 2.75) is 31.6 Å². The number of hydrogen-bond donors (Lipinski definition) is 0. The van der Waals surface area contributed by atoms with Crippen molar-refractivity contribution in [2.75, 3.05) is 13.1 Å². The average Bonchev–Trinajstić information content (AvgIpc) is 3.20. The summed E-state index contributed by atoms with van der Waals surface area (Å²) in [5, 5.41) is 0.751. The van der Waals surface area contributed by atoms with Crippen LogP contribution in [0.5, 0.6) is 0 Å². The molecule has 0 radical (unpaired) electrons. The van der Waals surface area contributed by atoms with Crippen LogP contribution in [-0.2, 0) is 11.2 Å². The number of hydrogen-bond acceptors (Lipinski definition) is 2. The van der Waals surface area contributed by atoms with Crippen LogP contribution in [0.25, 0.3) is 0 Å². The quantitative estimate of drug-likeness (QED) is 0.825. The third kappa shape index (κ3) is 3.72. The lowest BCUT2D eigenvalue weighted by Crippen LogP contribution is -2.28. The zero-order valence-corrected chi connectivity index (χ0v) is 13.3. The fourth-order valence-corrected chi connectivity index (χ4v) is 3.12. The van der Waals surface area contributed by atoms with Gasteiger partial charge in [0.1, 0.15) is 5.76 Å². The highest BCUT2D eigenvalue weighted by molar-refractivity contribution is 6.30. The second-order valence-electron chi connectivity index (χ2n) is 5.82. The number of furan rings is 1. The van der Waals surface area contributed by atoms with Gasteiger partial charge in [0.2, 0.25) is 5.91 Å². The fraction of sp³-hybridized carbons (Fsp3) is 0.389. The molecule has 0 aliphatic carbocycles. The average molecular weight is 318 g/mol.